The van der Waals surface area contributed by atoms with E-state index in [0.717, 1.165) is 35.9 Å². The quantitative estimate of drug-likeness (QED) is 0.725. The number of amidine groups is 1. The average molecular weight is 423 g/mol. The summed E-state index contributed by atoms with van der Waals surface area (Å²) in [5.74, 6) is -0.395. The van der Waals surface area contributed by atoms with E-state index in [4.69, 9.17) is 0 Å². The molecule has 2 fully saturated rings. The van der Waals surface area contributed by atoms with E-state index in [1.54, 1.807) is 12.1 Å². The van der Waals surface area contributed by atoms with Crippen molar-refractivity contribution in [2.24, 2.45) is 10.2 Å². The van der Waals surface area contributed by atoms with Crippen LogP contribution in [-0.2, 0) is 9.59 Å². The van der Waals surface area contributed by atoms with E-state index in [1.165, 1.54) is 18.2 Å². The highest BCUT2D eigenvalue weighted by Gasteiger charge is 2.32. The SMILES string of the molecule is O=C(CC1S/C(=N/N=C2CCCCC2)NC1=O)Nc1ccc(Br)cc1. The van der Waals surface area contributed by atoms with Crippen molar-refractivity contribution in [2.75, 3.05) is 5.32 Å². The maximum Gasteiger partial charge on any atom is 0.240 e. The summed E-state index contributed by atoms with van der Waals surface area (Å²) in [7, 11) is 0. The minimum Gasteiger partial charge on any atom is -0.326 e. The van der Waals surface area contributed by atoms with Gasteiger partial charge in [0, 0.05) is 22.3 Å². The van der Waals surface area contributed by atoms with Gasteiger partial charge in [0.1, 0.15) is 5.25 Å². The number of nitrogens with zero attached hydrogens (tertiary/aromatic N) is 2. The predicted octanol–water partition coefficient (Wildman–Crippen LogP) is 3.69. The Kier molecular flexibility index (Phi) is 6.25. The van der Waals surface area contributed by atoms with Gasteiger partial charge in [0.15, 0.2) is 5.17 Å². The molecule has 1 aromatic carbocycles. The van der Waals surface area contributed by atoms with Gasteiger partial charge in [0.05, 0.1) is 0 Å². The maximum absolute atomic E-state index is 12.1. The summed E-state index contributed by atoms with van der Waals surface area (Å²) < 4.78 is 0.941. The van der Waals surface area contributed by atoms with Gasteiger partial charge in [0.2, 0.25) is 11.8 Å². The smallest absolute Gasteiger partial charge is 0.240 e. The lowest BCUT2D eigenvalue weighted by Crippen LogP contribution is -2.28. The summed E-state index contributed by atoms with van der Waals surface area (Å²) in [5, 5.41) is 13.9. The molecular weight excluding hydrogens is 404 g/mol. The van der Waals surface area contributed by atoms with E-state index in [9.17, 15) is 9.59 Å². The lowest BCUT2D eigenvalue weighted by Gasteiger charge is -2.10. The zero-order valence-electron chi connectivity index (χ0n) is 13.6. The van der Waals surface area contributed by atoms with Gasteiger partial charge in [-0.2, -0.15) is 5.10 Å². The molecule has 1 saturated carbocycles. The lowest BCUT2D eigenvalue weighted by atomic mass is 9.99. The normalized spacial score (nSPS) is 22.0. The van der Waals surface area contributed by atoms with Crippen LogP contribution in [-0.4, -0.2) is 27.9 Å². The highest BCUT2D eigenvalue weighted by atomic mass is 79.9. The van der Waals surface area contributed by atoms with Gasteiger partial charge >= 0.3 is 0 Å². The first kappa shape index (κ1) is 18.1. The van der Waals surface area contributed by atoms with Crippen LogP contribution in [0.5, 0.6) is 0 Å². The van der Waals surface area contributed by atoms with Gasteiger partial charge in [-0.3, -0.25) is 9.59 Å². The zero-order chi connectivity index (χ0) is 17.6. The number of rotatable bonds is 4. The molecular formula is C17H19BrN4O2S. The van der Waals surface area contributed by atoms with Crippen molar-refractivity contribution in [3.63, 3.8) is 0 Å². The summed E-state index contributed by atoms with van der Waals surface area (Å²) in [6.07, 6.45) is 5.62. The molecule has 2 N–H and O–H groups in total. The van der Waals surface area contributed by atoms with Crippen LogP contribution in [0.3, 0.4) is 0 Å². The Labute approximate surface area is 159 Å². The summed E-state index contributed by atoms with van der Waals surface area (Å²) in [6.45, 7) is 0. The maximum atomic E-state index is 12.1. The topological polar surface area (TPSA) is 82.9 Å². The molecule has 0 spiro atoms. The fourth-order valence-electron chi connectivity index (χ4n) is 2.68. The zero-order valence-corrected chi connectivity index (χ0v) is 16.0. The Morgan fingerprint density at radius 1 is 1.20 bits per heavy atom. The number of nitrogens with one attached hydrogen (secondary N) is 2. The number of anilines is 1. The van der Waals surface area contributed by atoms with Crippen molar-refractivity contribution in [1.82, 2.24) is 5.32 Å². The molecule has 25 heavy (non-hydrogen) atoms. The summed E-state index contributed by atoms with van der Waals surface area (Å²) in [4.78, 5) is 24.1. The number of thioether (sulfide) groups is 1. The van der Waals surface area contributed by atoms with Gasteiger partial charge in [0.25, 0.3) is 0 Å². The van der Waals surface area contributed by atoms with Crippen LogP contribution < -0.4 is 10.6 Å². The minimum absolute atomic E-state index is 0.0994. The number of carbonyl (C=O) groups is 2. The largest absolute Gasteiger partial charge is 0.326 e. The Balaban J connectivity index is 1.53. The van der Waals surface area contributed by atoms with Crippen LogP contribution in [0.4, 0.5) is 5.69 Å². The molecule has 8 heteroatoms. The van der Waals surface area contributed by atoms with E-state index < -0.39 is 5.25 Å². The van der Waals surface area contributed by atoms with Crippen LogP contribution >= 0.6 is 27.7 Å². The fourth-order valence-corrected chi connectivity index (χ4v) is 3.86. The molecule has 2 amide bonds. The molecule has 0 aromatic heterocycles. The summed E-state index contributed by atoms with van der Waals surface area (Å²) >= 11 is 4.61. The van der Waals surface area contributed by atoms with E-state index in [0.29, 0.717) is 10.9 Å². The standard InChI is InChI=1S/C17H19BrN4O2S/c18-11-6-8-12(9-7-11)19-15(23)10-14-16(24)20-17(25-14)22-21-13-4-2-1-3-5-13/h6-9,14H,1-5,10H2,(H,19,23)(H,20,22,24). The third kappa shape index (κ3) is 5.40. The molecule has 0 bridgehead atoms. The van der Waals surface area contributed by atoms with Gasteiger partial charge < -0.3 is 10.6 Å². The van der Waals surface area contributed by atoms with Crippen LogP contribution in [0.25, 0.3) is 0 Å². The Hall–Kier alpha value is -1.67. The number of hydrogen-bond donors (Lipinski definition) is 2. The van der Waals surface area contributed by atoms with Crippen molar-refractivity contribution in [3.8, 4) is 0 Å². The van der Waals surface area contributed by atoms with Gasteiger partial charge in [-0.05, 0) is 49.9 Å². The van der Waals surface area contributed by atoms with Crippen molar-refractivity contribution < 1.29 is 9.59 Å². The summed E-state index contributed by atoms with van der Waals surface area (Å²) in [6, 6.07) is 7.30. The lowest BCUT2D eigenvalue weighted by molar-refractivity contribution is -0.122. The van der Waals surface area contributed by atoms with Crippen molar-refractivity contribution in [2.45, 2.75) is 43.8 Å². The number of hydrogen-bond acceptors (Lipinski definition) is 5. The second-order valence-electron chi connectivity index (χ2n) is 5.99. The van der Waals surface area contributed by atoms with E-state index in [2.05, 4.69) is 36.8 Å². The molecule has 1 aromatic rings. The predicted molar refractivity (Wildman–Crippen MR) is 105 cm³/mol. The fraction of sp³-hybridized carbons (Fsp3) is 0.412. The van der Waals surface area contributed by atoms with E-state index in [-0.39, 0.29) is 18.2 Å². The second-order valence-corrected chi connectivity index (χ2v) is 8.09. The molecule has 3 rings (SSSR count). The molecule has 132 valence electrons. The van der Waals surface area contributed by atoms with Crippen molar-refractivity contribution in [3.05, 3.63) is 28.7 Å². The number of carbonyl (C=O) groups excluding carboxylic acids is 2. The molecule has 2 aliphatic rings. The molecule has 1 atom stereocenters. The molecule has 1 aliphatic heterocycles. The third-order valence-corrected chi connectivity index (χ3v) is 5.59. The first-order valence-electron chi connectivity index (χ1n) is 8.26. The molecule has 1 aliphatic carbocycles. The van der Waals surface area contributed by atoms with Crippen LogP contribution in [0.1, 0.15) is 38.5 Å². The van der Waals surface area contributed by atoms with Crippen molar-refractivity contribution >= 4 is 56.1 Å². The third-order valence-electron chi connectivity index (χ3n) is 3.99. The van der Waals surface area contributed by atoms with Gasteiger partial charge in [-0.15, -0.1) is 5.10 Å². The van der Waals surface area contributed by atoms with Crippen LogP contribution in [0, 0.1) is 0 Å². The monoisotopic (exact) mass is 422 g/mol. The first-order valence-corrected chi connectivity index (χ1v) is 9.94. The molecule has 0 radical (unpaired) electrons. The van der Waals surface area contributed by atoms with Crippen molar-refractivity contribution in [1.29, 1.82) is 0 Å². The van der Waals surface area contributed by atoms with E-state index >= 15 is 0 Å². The van der Waals surface area contributed by atoms with Gasteiger partial charge in [-0.25, -0.2) is 0 Å². The Morgan fingerprint density at radius 3 is 2.64 bits per heavy atom. The average Bonchev–Trinajstić information content (AvgIpc) is 2.96. The Bertz CT molecular complexity index is 710. The van der Waals surface area contributed by atoms with Gasteiger partial charge in [-0.1, -0.05) is 34.1 Å². The molecule has 6 nitrogen and oxygen atoms in total. The molecule has 1 unspecified atom stereocenters. The molecule has 1 saturated heterocycles. The first-order chi connectivity index (χ1) is 12.1. The van der Waals surface area contributed by atoms with Crippen LogP contribution in [0.15, 0.2) is 38.9 Å². The van der Waals surface area contributed by atoms with Crippen LogP contribution in [0.2, 0.25) is 0 Å². The summed E-state index contributed by atoms with van der Waals surface area (Å²) in [5.41, 5.74) is 1.79. The number of benzene rings is 1. The minimum atomic E-state index is -0.472. The second kappa shape index (κ2) is 8.62. The highest BCUT2D eigenvalue weighted by Crippen LogP contribution is 2.24. The molecule has 1 heterocycles. The Morgan fingerprint density at radius 2 is 1.92 bits per heavy atom. The van der Waals surface area contributed by atoms with E-state index in [1.807, 2.05) is 12.1 Å². The highest BCUT2D eigenvalue weighted by molar-refractivity contribution is 9.10. The number of amides is 2. The number of halogens is 1.